The zero-order chi connectivity index (χ0) is 13.9. The van der Waals surface area contributed by atoms with Crippen LogP contribution in [0.5, 0.6) is 11.5 Å². The van der Waals surface area contributed by atoms with Crippen molar-refractivity contribution >= 4 is 26.8 Å². The number of methoxy groups -OCH3 is 1. The van der Waals surface area contributed by atoms with Gasteiger partial charge >= 0.3 is 0 Å². The molecule has 20 heavy (non-hydrogen) atoms. The molecule has 0 fully saturated rings. The van der Waals surface area contributed by atoms with Crippen LogP contribution < -0.4 is 9.47 Å². The van der Waals surface area contributed by atoms with Crippen LogP contribution in [0.4, 0.5) is 0 Å². The maximum Gasteiger partial charge on any atom is 0.125 e. The van der Waals surface area contributed by atoms with Gasteiger partial charge in [0.15, 0.2) is 0 Å². The lowest BCUT2D eigenvalue weighted by Crippen LogP contribution is -1.98. The predicted octanol–water partition coefficient (Wildman–Crippen LogP) is 4.52. The van der Waals surface area contributed by atoms with Gasteiger partial charge in [-0.05, 0) is 42.5 Å². The number of aromatic amines is 1. The van der Waals surface area contributed by atoms with Crippen LogP contribution in [-0.2, 0) is 6.61 Å². The molecule has 0 atom stereocenters. The first-order valence-electron chi connectivity index (χ1n) is 6.28. The Kier molecular flexibility index (Phi) is 3.65. The second kappa shape index (κ2) is 5.59. The topological polar surface area (TPSA) is 34.2 Å². The number of hydrogen-bond acceptors (Lipinski definition) is 2. The second-order valence-electron chi connectivity index (χ2n) is 4.47. The summed E-state index contributed by atoms with van der Waals surface area (Å²) in [6.45, 7) is 0.471. The van der Waals surface area contributed by atoms with E-state index in [4.69, 9.17) is 9.47 Å². The number of benzene rings is 2. The van der Waals surface area contributed by atoms with Gasteiger partial charge in [-0.2, -0.15) is 0 Å². The summed E-state index contributed by atoms with van der Waals surface area (Å²) in [5.41, 5.74) is 2.12. The van der Waals surface area contributed by atoms with Crippen molar-refractivity contribution in [3.8, 4) is 11.5 Å². The molecule has 0 unspecified atom stereocenters. The summed E-state index contributed by atoms with van der Waals surface area (Å²) < 4.78 is 12.2. The highest BCUT2D eigenvalue weighted by Gasteiger charge is 2.05. The highest BCUT2D eigenvalue weighted by atomic mass is 79.9. The molecule has 3 nitrogen and oxygen atoms in total. The van der Waals surface area contributed by atoms with Gasteiger partial charge in [0, 0.05) is 27.1 Å². The lowest BCUT2D eigenvalue weighted by Gasteiger charge is -2.11. The van der Waals surface area contributed by atoms with Gasteiger partial charge in [0.05, 0.1) is 7.11 Å². The number of nitrogens with one attached hydrogen (secondary N) is 1. The van der Waals surface area contributed by atoms with E-state index < -0.39 is 0 Å². The third-order valence-corrected chi connectivity index (χ3v) is 3.65. The summed E-state index contributed by atoms with van der Waals surface area (Å²) in [6, 6.07) is 13.9. The molecule has 0 bridgehead atoms. The van der Waals surface area contributed by atoms with E-state index in [9.17, 15) is 0 Å². The van der Waals surface area contributed by atoms with Crippen molar-refractivity contribution in [2.24, 2.45) is 0 Å². The van der Waals surface area contributed by atoms with Crippen LogP contribution >= 0.6 is 15.9 Å². The maximum absolute atomic E-state index is 5.85. The molecule has 0 radical (unpaired) electrons. The summed E-state index contributed by atoms with van der Waals surface area (Å²) in [5.74, 6) is 1.68. The standard InChI is InChI=1S/C16H14BrNO2/c1-19-16-5-2-13(17)8-12(16)10-20-14-3-4-15-11(9-14)6-7-18-15/h2-9,18H,10H2,1H3. The van der Waals surface area contributed by atoms with E-state index in [0.29, 0.717) is 6.61 Å². The zero-order valence-electron chi connectivity index (χ0n) is 11.0. The Morgan fingerprint density at radius 3 is 2.85 bits per heavy atom. The van der Waals surface area contributed by atoms with E-state index >= 15 is 0 Å². The van der Waals surface area contributed by atoms with Crippen LogP contribution in [0, 0.1) is 0 Å². The first-order valence-corrected chi connectivity index (χ1v) is 7.08. The van der Waals surface area contributed by atoms with Gasteiger partial charge < -0.3 is 14.5 Å². The molecular formula is C16H14BrNO2. The Labute approximate surface area is 125 Å². The molecule has 3 aromatic rings. The van der Waals surface area contributed by atoms with Crippen LogP contribution in [0.2, 0.25) is 0 Å². The van der Waals surface area contributed by atoms with Crippen molar-refractivity contribution in [1.82, 2.24) is 4.98 Å². The first kappa shape index (κ1) is 13.1. The predicted molar refractivity (Wildman–Crippen MR) is 83.3 cm³/mol. The average Bonchev–Trinajstić information content (AvgIpc) is 2.92. The lowest BCUT2D eigenvalue weighted by molar-refractivity contribution is 0.297. The molecule has 1 N–H and O–H groups in total. The average molecular weight is 332 g/mol. The van der Waals surface area contributed by atoms with Gasteiger partial charge in [0.1, 0.15) is 18.1 Å². The van der Waals surface area contributed by atoms with Crippen LogP contribution in [0.1, 0.15) is 5.56 Å². The molecule has 1 aromatic heterocycles. The van der Waals surface area contributed by atoms with Crippen LogP contribution in [0.3, 0.4) is 0 Å². The van der Waals surface area contributed by atoms with Gasteiger partial charge in [0.2, 0.25) is 0 Å². The smallest absolute Gasteiger partial charge is 0.125 e. The molecule has 0 saturated heterocycles. The summed E-state index contributed by atoms with van der Waals surface area (Å²) in [5, 5.41) is 1.14. The molecular weight excluding hydrogens is 318 g/mol. The van der Waals surface area contributed by atoms with Crippen molar-refractivity contribution in [3.05, 3.63) is 58.7 Å². The van der Waals surface area contributed by atoms with Crippen molar-refractivity contribution < 1.29 is 9.47 Å². The number of aromatic nitrogens is 1. The summed E-state index contributed by atoms with van der Waals surface area (Å²) in [6.07, 6.45) is 1.92. The zero-order valence-corrected chi connectivity index (χ0v) is 12.6. The fourth-order valence-electron chi connectivity index (χ4n) is 2.14. The number of halogens is 1. The molecule has 0 aliphatic carbocycles. The Morgan fingerprint density at radius 2 is 2.00 bits per heavy atom. The van der Waals surface area contributed by atoms with Crippen molar-refractivity contribution in [1.29, 1.82) is 0 Å². The van der Waals surface area contributed by atoms with Gasteiger partial charge in [-0.3, -0.25) is 0 Å². The highest BCUT2D eigenvalue weighted by Crippen LogP contribution is 2.25. The minimum absolute atomic E-state index is 0.471. The lowest BCUT2D eigenvalue weighted by atomic mass is 10.2. The molecule has 3 rings (SSSR count). The van der Waals surface area contributed by atoms with E-state index in [1.807, 2.05) is 48.7 Å². The minimum atomic E-state index is 0.471. The Morgan fingerprint density at radius 1 is 1.10 bits per heavy atom. The highest BCUT2D eigenvalue weighted by molar-refractivity contribution is 9.10. The van der Waals surface area contributed by atoms with E-state index in [0.717, 1.165) is 32.4 Å². The largest absolute Gasteiger partial charge is 0.496 e. The third-order valence-electron chi connectivity index (χ3n) is 3.16. The molecule has 0 aliphatic rings. The van der Waals surface area contributed by atoms with E-state index in [1.54, 1.807) is 7.11 Å². The van der Waals surface area contributed by atoms with Crippen LogP contribution in [0.15, 0.2) is 53.1 Å². The molecule has 1 heterocycles. The van der Waals surface area contributed by atoms with Gasteiger partial charge in [0.25, 0.3) is 0 Å². The molecule has 0 aliphatic heterocycles. The SMILES string of the molecule is COc1ccc(Br)cc1COc1ccc2[nH]ccc2c1. The van der Waals surface area contributed by atoms with Gasteiger partial charge in [-0.15, -0.1) is 0 Å². The third kappa shape index (κ3) is 2.65. The van der Waals surface area contributed by atoms with Gasteiger partial charge in [-0.1, -0.05) is 15.9 Å². The van der Waals surface area contributed by atoms with E-state index in [-0.39, 0.29) is 0 Å². The van der Waals surface area contributed by atoms with Crippen molar-refractivity contribution in [2.75, 3.05) is 7.11 Å². The van der Waals surface area contributed by atoms with Crippen molar-refractivity contribution in [2.45, 2.75) is 6.61 Å². The second-order valence-corrected chi connectivity index (χ2v) is 5.39. The Bertz CT molecular complexity index is 736. The van der Waals surface area contributed by atoms with Crippen LogP contribution in [-0.4, -0.2) is 12.1 Å². The number of hydrogen-bond donors (Lipinski definition) is 1. The number of fused-ring (bicyclic) bond motifs is 1. The van der Waals surface area contributed by atoms with Gasteiger partial charge in [-0.25, -0.2) is 0 Å². The number of H-pyrrole nitrogens is 1. The number of ether oxygens (including phenoxy) is 2. The molecule has 0 amide bonds. The minimum Gasteiger partial charge on any atom is -0.496 e. The normalized spacial score (nSPS) is 10.7. The molecule has 0 saturated carbocycles. The molecule has 2 aromatic carbocycles. The Hall–Kier alpha value is -1.94. The number of rotatable bonds is 4. The summed E-state index contributed by atoms with van der Waals surface area (Å²) >= 11 is 3.46. The van der Waals surface area contributed by atoms with E-state index in [1.165, 1.54) is 0 Å². The summed E-state index contributed by atoms with van der Waals surface area (Å²) in [7, 11) is 1.67. The Balaban J connectivity index is 1.80. The summed E-state index contributed by atoms with van der Waals surface area (Å²) in [4.78, 5) is 3.16. The molecule has 0 spiro atoms. The fourth-order valence-corrected chi connectivity index (χ4v) is 2.55. The monoisotopic (exact) mass is 331 g/mol. The van der Waals surface area contributed by atoms with Crippen LogP contribution in [0.25, 0.3) is 10.9 Å². The fraction of sp³-hybridized carbons (Fsp3) is 0.125. The quantitative estimate of drug-likeness (QED) is 0.762. The molecule has 4 heteroatoms. The molecule has 102 valence electrons. The first-order chi connectivity index (χ1) is 9.76. The maximum atomic E-state index is 5.85. The van der Waals surface area contributed by atoms with Crippen molar-refractivity contribution in [3.63, 3.8) is 0 Å². The van der Waals surface area contributed by atoms with E-state index in [2.05, 4.69) is 20.9 Å².